The molecule has 10 heteroatoms. The highest BCUT2D eigenvalue weighted by Crippen LogP contribution is 2.25. The second-order valence-electron chi connectivity index (χ2n) is 3.13. The van der Waals surface area contributed by atoms with Gasteiger partial charge in [0.25, 0.3) is 0 Å². The number of aliphatic hydroxyl groups excluding tert-OH is 1. The fraction of sp³-hybridized carbons (Fsp3) is 0.250. The van der Waals surface area contributed by atoms with Crippen LogP contribution < -0.4 is 5.73 Å². The molecule has 8 nitrogen and oxygen atoms in total. The van der Waals surface area contributed by atoms with Gasteiger partial charge >= 0.3 is 7.82 Å². The van der Waals surface area contributed by atoms with Crippen molar-refractivity contribution in [3.05, 3.63) is 24.3 Å². The predicted octanol–water partition coefficient (Wildman–Crippen LogP) is -0.894. The van der Waals surface area contributed by atoms with Crippen molar-refractivity contribution >= 4 is 23.3 Å². The molecule has 0 atom stereocenters. The Balaban J connectivity index is 0.000000494. The van der Waals surface area contributed by atoms with Gasteiger partial charge in [0.1, 0.15) is 0 Å². The van der Waals surface area contributed by atoms with Crippen molar-refractivity contribution in [1.82, 2.24) is 0 Å². The lowest BCUT2D eigenvalue weighted by Crippen LogP contribution is -2.10. The smallest absolute Gasteiger partial charge is 0.399 e. The summed E-state index contributed by atoms with van der Waals surface area (Å²) in [5, 5.41) is 8.52. The highest BCUT2D eigenvalue weighted by molar-refractivity contribution is 7.91. The van der Waals surface area contributed by atoms with E-state index in [1.54, 1.807) is 12.1 Å². The zero-order valence-corrected chi connectivity index (χ0v) is 10.9. The van der Waals surface area contributed by atoms with Crippen molar-refractivity contribution in [3.8, 4) is 0 Å². The summed E-state index contributed by atoms with van der Waals surface area (Å²) in [5.41, 5.74) is 5.83. The van der Waals surface area contributed by atoms with Crippen LogP contribution in [0.1, 0.15) is 0 Å². The van der Waals surface area contributed by atoms with Gasteiger partial charge in [-0.3, -0.25) is 0 Å². The maximum absolute atomic E-state index is 11.4. The first-order valence-electron chi connectivity index (χ1n) is 4.53. The van der Waals surface area contributed by atoms with Gasteiger partial charge in [-0.25, -0.2) is 13.0 Å². The molecule has 0 aliphatic heterocycles. The molecule has 0 aromatic heterocycles. The molecule has 0 aliphatic rings. The highest BCUT2D eigenvalue weighted by atomic mass is 32.2. The molecule has 1 aromatic carbocycles. The molecule has 0 saturated carbocycles. The highest BCUT2D eigenvalue weighted by Gasteiger charge is 2.12. The van der Waals surface area contributed by atoms with E-state index in [0.29, 0.717) is 5.69 Å². The number of benzene rings is 1. The fourth-order valence-electron chi connectivity index (χ4n) is 0.946. The number of nitrogens with two attached hydrogens (primary N) is 1. The number of hydrogen-bond acceptors (Lipinski definition) is 5. The molecule has 18 heavy (non-hydrogen) atoms. The molecule has 0 amide bonds. The Morgan fingerprint density at radius 2 is 1.72 bits per heavy atom. The summed E-state index contributed by atoms with van der Waals surface area (Å²) in [4.78, 5) is 21.7. The van der Waals surface area contributed by atoms with Crippen LogP contribution in [0.15, 0.2) is 29.2 Å². The minimum Gasteiger partial charge on any atom is -0.399 e. The average molecular weight is 299 g/mol. The maximum Gasteiger partial charge on any atom is 0.466 e. The molecule has 1 rings (SSSR count). The maximum atomic E-state index is 11.4. The standard InChI is InChI=1S/C8H11NO3S.H3O4P/c9-7-2-1-3-8(6-7)13(11,12)5-4-10;1-5(2,3)4/h1-3,6,10H,4-5,9H2;(H3,1,2,3,4). The summed E-state index contributed by atoms with van der Waals surface area (Å²) < 4.78 is 31.6. The second kappa shape index (κ2) is 6.83. The SMILES string of the molecule is Nc1cccc(S(=O)(=O)CCO)c1.O=P(O)(O)O. The van der Waals surface area contributed by atoms with Crippen LogP contribution in [0.5, 0.6) is 0 Å². The van der Waals surface area contributed by atoms with Crippen LogP contribution in [0.4, 0.5) is 5.69 Å². The Morgan fingerprint density at radius 3 is 2.11 bits per heavy atom. The largest absolute Gasteiger partial charge is 0.466 e. The summed E-state index contributed by atoms with van der Waals surface area (Å²) >= 11 is 0. The van der Waals surface area contributed by atoms with Crippen molar-refractivity contribution in [2.75, 3.05) is 18.1 Å². The van der Waals surface area contributed by atoms with Gasteiger partial charge in [-0.15, -0.1) is 0 Å². The number of rotatable bonds is 3. The first-order chi connectivity index (χ1) is 8.06. The zero-order valence-electron chi connectivity index (χ0n) is 9.17. The second-order valence-corrected chi connectivity index (χ2v) is 6.26. The third kappa shape index (κ3) is 8.18. The molecule has 0 spiro atoms. The number of nitrogen functional groups attached to an aromatic ring is 1. The van der Waals surface area contributed by atoms with E-state index in [1.165, 1.54) is 12.1 Å². The molecule has 0 fully saturated rings. The molecule has 6 N–H and O–H groups in total. The summed E-state index contributed by atoms with van der Waals surface area (Å²) in [5.74, 6) is -0.267. The Morgan fingerprint density at radius 1 is 1.22 bits per heavy atom. The molecule has 0 radical (unpaired) electrons. The molecular weight excluding hydrogens is 285 g/mol. The zero-order chi connectivity index (χ0) is 14.4. The quantitative estimate of drug-likeness (QED) is 0.355. The lowest BCUT2D eigenvalue weighted by Gasteiger charge is -2.02. The normalized spacial score (nSPS) is 11.6. The molecule has 0 bridgehead atoms. The first kappa shape index (κ1) is 17.0. The Bertz CT molecular complexity index is 516. The van der Waals surface area contributed by atoms with Crippen molar-refractivity contribution in [1.29, 1.82) is 0 Å². The van der Waals surface area contributed by atoms with Crippen molar-refractivity contribution < 1.29 is 32.8 Å². The molecule has 0 aliphatic carbocycles. The van der Waals surface area contributed by atoms with E-state index in [2.05, 4.69) is 0 Å². The number of sulfone groups is 1. The monoisotopic (exact) mass is 299 g/mol. The Hall–Kier alpha value is -0.960. The van der Waals surface area contributed by atoms with E-state index < -0.39 is 17.7 Å². The van der Waals surface area contributed by atoms with Crippen LogP contribution in [0.2, 0.25) is 0 Å². The van der Waals surface area contributed by atoms with Gasteiger partial charge in [-0.1, -0.05) is 6.07 Å². The van der Waals surface area contributed by atoms with Crippen LogP contribution in [0, 0.1) is 0 Å². The molecule has 1 aromatic rings. The summed E-state index contributed by atoms with van der Waals surface area (Å²) in [6, 6.07) is 6.02. The van der Waals surface area contributed by atoms with E-state index in [4.69, 9.17) is 30.1 Å². The van der Waals surface area contributed by atoms with E-state index in [-0.39, 0.29) is 17.3 Å². The third-order valence-electron chi connectivity index (χ3n) is 1.58. The van der Waals surface area contributed by atoms with Gasteiger partial charge in [-0.05, 0) is 18.2 Å². The van der Waals surface area contributed by atoms with Crippen LogP contribution in [0.25, 0.3) is 0 Å². The molecule has 104 valence electrons. The van der Waals surface area contributed by atoms with Gasteiger partial charge in [-0.2, -0.15) is 0 Å². The topological polar surface area (TPSA) is 158 Å². The van der Waals surface area contributed by atoms with E-state index in [1.807, 2.05) is 0 Å². The third-order valence-corrected chi connectivity index (χ3v) is 3.27. The number of hydrogen-bond donors (Lipinski definition) is 5. The molecule has 0 heterocycles. The number of anilines is 1. The van der Waals surface area contributed by atoms with Crippen molar-refractivity contribution in [2.24, 2.45) is 0 Å². The lowest BCUT2D eigenvalue weighted by atomic mass is 10.3. The summed E-state index contributed by atoms with van der Waals surface area (Å²) in [7, 11) is -8.00. The van der Waals surface area contributed by atoms with Gasteiger partial charge in [0, 0.05) is 5.69 Å². The van der Waals surface area contributed by atoms with Crippen molar-refractivity contribution in [2.45, 2.75) is 4.90 Å². The van der Waals surface area contributed by atoms with Gasteiger partial charge in [0.05, 0.1) is 17.3 Å². The van der Waals surface area contributed by atoms with Gasteiger partial charge < -0.3 is 25.5 Å². The number of aliphatic hydroxyl groups is 1. The summed E-state index contributed by atoms with van der Waals surface area (Å²) in [6.45, 7) is -0.378. The van der Waals surface area contributed by atoms with Crippen LogP contribution in [0.3, 0.4) is 0 Å². The minimum atomic E-state index is -4.64. The average Bonchev–Trinajstić information content (AvgIpc) is 2.15. The lowest BCUT2D eigenvalue weighted by molar-refractivity contribution is 0.275. The Kier molecular flexibility index (Phi) is 6.47. The Labute approximate surface area is 104 Å². The molecule has 0 unspecified atom stereocenters. The van der Waals surface area contributed by atoms with Crippen LogP contribution in [-0.2, 0) is 14.4 Å². The molecular formula is C8H14NO7PS. The van der Waals surface area contributed by atoms with E-state index >= 15 is 0 Å². The minimum absolute atomic E-state index is 0.154. The summed E-state index contributed by atoms with van der Waals surface area (Å²) in [6.07, 6.45) is 0. The van der Waals surface area contributed by atoms with Gasteiger partial charge in [0.2, 0.25) is 0 Å². The van der Waals surface area contributed by atoms with Crippen molar-refractivity contribution in [3.63, 3.8) is 0 Å². The number of phosphoric acid groups is 1. The van der Waals surface area contributed by atoms with Crippen LogP contribution >= 0.6 is 7.82 Å². The fourth-order valence-corrected chi connectivity index (χ4v) is 2.02. The predicted molar refractivity (Wildman–Crippen MR) is 64.3 cm³/mol. The van der Waals surface area contributed by atoms with E-state index in [9.17, 15) is 8.42 Å². The van der Waals surface area contributed by atoms with E-state index in [0.717, 1.165) is 0 Å². The molecule has 0 saturated heterocycles. The van der Waals surface area contributed by atoms with Gasteiger partial charge in [0.15, 0.2) is 9.84 Å². The first-order valence-corrected chi connectivity index (χ1v) is 7.75. The van der Waals surface area contributed by atoms with Crippen LogP contribution in [-0.4, -0.2) is 40.6 Å².